The second kappa shape index (κ2) is 9.56. The number of hydrogen-bond donors (Lipinski definition) is 1. The molecule has 5 nitrogen and oxygen atoms in total. The van der Waals surface area contributed by atoms with E-state index < -0.39 is 11.5 Å². The molecule has 0 spiro atoms. The number of ketones is 1. The molecule has 1 N–H and O–H groups in total. The van der Waals surface area contributed by atoms with Crippen molar-refractivity contribution in [3.63, 3.8) is 0 Å². The fourth-order valence-corrected chi connectivity index (χ4v) is 3.37. The van der Waals surface area contributed by atoms with E-state index in [1.165, 1.54) is 6.08 Å². The van der Waals surface area contributed by atoms with Crippen LogP contribution < -0.4 is 10.9 Å². The summed E-state index contributed by atoms with van der Waals surface area (Å²) in [7, 11) is 0. The Balaban J connectivity index is 2.07. The zero-order valence-electron chi connectivity index (χ0n) is 18.3. The van der Waals surface area contributed by atoms with E-state index in [0.717, 1.165) is 23.1 Å². The van der Waals surface area contributed by atoms with Crippen molar-refractivity contribution in [2.24, 2.45) is 0 Å². The number of benzene rings is 2. The van der Waals surface area contributed by atoms with E-state index in [1.54, 1.807) is 31.2 Å². The maximum absolute atomic E-state index is 12.5. The van der Waals surface area contributed by atoms with Gasteiger partial charge in [-0.05, 0) is 61.6 Å². The van der Waals surface area contributed by atoms with Crippen molar-refractivity contribution in [1.82, 2.24) is 5.32 Å². The first-order valence-corrected chi connectivity index (χ1v) is 10.5. The minimum Gasteiger partial charge on any atom is -0.422 e. The summed E-state index contributed by atoms with van der Waals surface area (Å²) in [6.07, 6.45) is 4.15. The summed E-state index contributed by atoms with van der Waals surface area (Å²) in [6, 6.07) is 12.7. The number of carbonyl (C=O) groups excluding carboxylic acids is 2. The molecule has 1 heterocycles. The van der Waals surface area contributed by atoms with Crippen LogP contribution in [-0.2, 0) is 0 Å². The molecule has 0 fully saturated rings. The highest BCUT2D eigenvalue weighted by atomic mass is 16.4. The Hall–Kier alpha value is -3.47. The fraction of sp³-hybridized carbons (Fsp3) is 0.269. The molecular weight excluding hydrogens is 390 g/mol. The molecule has 160 valence electrons. The lowest BCUT2D eigenvalue weighted by atomic mass is 9.93. The lowest BCUT2D eigenvalue weighted by Gasteiger charge is -2.13. The van der Waals surface area contributed by atoms with Gasteiger partial charge < -0.3 is 9.73 Å². The zero-order valence-corrected chi connectivity index (χ0v) is 18.3. The summed E-state index contributed by atoms with van der Waals surface area (Å²) in [4.78, 5) is 37.2. The Morgan fingerprint density at radius 2 is 1.81 bits per heavy atom. The molecule has 5 heteroatoms. The topological polar surface area (TPSA) is 76.4 Å². The molecule has 1 amide bonds. The summed E-state index contributed by atoms with van der Waals surface area (Å²) in [6.45, 7) is 8.29. The predicted octanol–water partition coefficient (Wildman–Crippen LogP) is 5.26. The molecule has 1 unspecified atom stereocenters. The molecule has 0 saturated heterocycles. The van der Waals surface area contributed by atoms with Crippen molar-refractivity contribution in [3.05, 3.63) is 86.8 Å². The van der Waals surface area contributed by atoms with Crippen LogP contribution in [0.15, 0.2) is 57.8 Å². The standard InChI is InChI=1S/C26H27NO4/c1-5-17(4)21-14-18(9-12-23(28)19-10-7-16(3)8-11-19)13-20-15-22(25(29)27-6-2)26(30)31-24(20)21/h7-15,17H,5-6H2,1-4H3,(H,27,29). The lowest BCUT2D eigenvalue weighted by Crippen LogP contribution is -2.27. The quantitative estimate of drug-likeness (QED) is 0.323. The van der Waals surface area contributed by atoms with Crippen LogP contribution in [0.5, 0.6) is 0 Å². The first-order chi connectivity index (χ1) is 14.8. The summed E-state index contributed by atoms with van der Waals surface area (Å²) < 4.78 is 5.57. The summed E-state index contributed by atoms with van der Waals surface area (Å²) >= 11 is 0. The van der Waals surface area contributed by atoms with Crippen LogP contribution in [0.3, 0.4) is 0 Å². The smallest absolute Gasteiger partial charge is 0.349 e. The van der Waals surface area contributed by atoms with E-state index in [-0.39, 0.29) is 17.3 Å². The normalized spacial score (nSPS) is 12.3. The van der Waals surface area contributed by atoms with Crippen LogP contribution in [0.25, 0.3) is 17.0 Å². The molecule has 0 bridgehead atoms. The van der Waals surface area contributed by atoms with Gasteiger partial charge in [0, 0.05) is 17.5 Å². The third-order valence-electron chi connectivity index (χ3n) is 5.37. The Labute approximate surface area is 181 Å². The van der Waals surface area contributed by atoms with Gasteiger partial charge in [0.1, 0.15) is 11.1 Å². The number of fused-ring (bicyclic) bond motifs is 1. The Bertz CT molecular complexity index is 1200. The van der Waals surface area contributed by atoms with Gasteiger partial charge in [0.25, 0.3) is 5.91 Å². The van der Waals surface area contributed by atoms with Gasteiger partial charge in [-0.3, -0.25) is 9.59 Å². The number of rotatable bonds is 7. The van der Waals surface area contributed by atoms with Crippen LogP contribution in [0.2, 0.25) is 0 Å². The van der Waals surface area contributed by atoms with E-state index in [9.17, 15) is 14.4 Å². The third kappa shape index (κ3) is 5.00. The van der Waals surface area contributed by atoms with Gasteiger partial charge >= 0.3 is 5.63 Å². The van der Waals surface area contributed by atoms with Crippen LogP contribution in [0.1, 0.15) is 70.5 Å². The SMILES string of the molecule is CCNC(=O)c1cc2cc(C=CC(=O)c3ccc(C)cc3)cc(C(C)CC)c2oc1=O. The average molecular weight is 418 g/mol. The highest BCUT2D eigenvalue weighted by molar-refractivity contribution is 6.07. The van der Waals surface area contributed by atoms with Crippen molar-refractivity contribution in [1.29, 1.82) is 0 Å². The molecular formula is C26H27NO4. The van der Waals surface area contributed by atoms with E-state index in [2.05, 4.69) is 19.2 Å². The lowest BCUT2D eigenvalue weighted by molar-refractivity contribution is 0.0951. The number of aryl methyl sites for hydroxylation is 1. The predicted molar refractivity (Wildman–Crippen MR) is 124 cm³/mol. The van der Waals surface area contributed by atoms with Crippen molar-refractivity contribution in [2.75, 3.05) is 6.54 Å². The van der Waals surface area contributed by atoms with Crippen LogP contribution in [0.4, 0.5) is 0 Å². The first-order valence-electron chi connectivity index (χ1n) is 10.5. The van der Waals surface area contributed by atoms with E-state index in [4.69, 9.17) is 4.42 Å². The van der Waals surface area contributed by atoms with Gasteiger partial charge in [0.2, 0.25) is 0 Å². The monoisotopic (exact) mass is 417 g/mol. The zero-order chi connectivity index (χ0) is 22.5. The molecule has 1 aromatic heterocycles. The van der Waals surface area contributed by atoms with Crippen molar-refractivity contribution >= 4 is 28.7 Å². The Kier molecular flexibility index (Phi) is 6.85. The second-order valence-electron chi connectivity index (χ2n) is 7.71. The second-order valence-corrected chi connectivity index (χ2v) is 7.71. The number of amides is 1. The fourth-order valence-electron chi connectivity index (χ4n) is 3.37. The van der Waals surface area contributed by atoms with Gasteiger partial charge in [0.15, 0.2) is 5.78 Å². The van der Waals surface area contributed by atoms with Gasteiger partial charge in [-0.25, -0.2) is 4.79 Å². The number of nitrogens with one attached hydrogen (secondary N) is 1. The summed E-state index contributed by atoms with van der Waals surface area (Å²) in [5.41, 5.74) is 3.20. The maximum Gasteiger partial charge on any atom is 0.349 e. The molecule has 1 atom stereocenters. The molecule has 31 heavy (non-hydrogen) atoms. The molecule has 3 rings (SSSR count). The van der Waals surface area contributed by atoms with Crippen LogP contribution in [-0.4, -0.2) is 18.2 Å². The Morgan fingerprint density at radius 1 is 1.10 bits per heavy atom. The van der Waals surface area contributed by atoms with Crippen molar-refractivity contribution < 1.29 is 14.0 Å². The average Bonchev–Trinajstić information content (AvgIpc) is 2.76. The molecule has 0 saturated carbocycles. The number of carbonyl (C=O) groups is 2. The minimum atomic E-state index is -0.652. The Morgan fingerprint density at radius 3 is 2.45 bits per heavy atom. The molecule has 3 aromatic rings. The highest BCUT2D eigenvalue weighted by Crippen LogP contribution is 2.29. The van der Waals surface area contributed by atoms with Gasteiger partial charge in [0.05, 0.1) is 0 Å². The van der Waals surface area contributed by atoms with E-state index in [0.29, 0.717) is 23.1 Å². The molecule has 2 aromatic carbocycles. The molecule has 0 aliphatic carbocycles. The van der Waals surface area contributed by atoms with E-state index >= 15 is 0 Å². The number of hydrogen-bond acceptors (Lipinski definition) is 4. The van der Waals surface area contributed by atoms with Crippen molar-refractivity contribution in [3.8, 4) is 0 Å². The van der Waals surface area contributed by atoms with Crippen molar-refractivity contribution in [2.45, 2.75) is 40.0 Å². The van der Waals surface area contributed by atoms with Crippen LogP contribution >= 0.6 is 0 Å². The first kappa shape index (κ1) is 22.2. The minimum absolute atomic E-state index is 0.0266. The van der Waals surface area contributed by atoms with Crippen LogP contribution in [0, 0.1) is 6.92 Å². The van der Waals surface area contributed by atoms with E-state index in [1.807, 2.05) is 31.2 Å². The molecule has 0 aliphatic rings. The van der Waals surface area contributed by atoms with Gasteiger partial charge in [-0.2, -0.15) is 0 Å². The largest absolute Gasteiger partial charge is 0.422 e. The van der Waals surface area contributed by atoms with Gasteiger partial charge in [-0.15, -0.1) is 0 Å². The maximum atomic E-state index is 12.5. The van der Waals surface area contributed by atoms with Gasteiger partial charge in [-0.1, -0.05) is 49.8 Å². The summed E-state index contributed by atoms with van der Waals surface area (Å²) in [5.74, 6) is -0.409. The third-order valence-corrected chi connectivity index (χ3v) is 5.37. The molecule has 0 aliphatic heterocycles. The molecule has 0 radical (unpaired) electrons. The summed E-state index contributed by atoms with van der Waals surface area (Å²) in [5, 5.41) is 3.29. The highest BCUT2D eigenvalue weighted by Gasteiger charge is 2.17. The number of allylic oxidation sites excluding steroid dienone is 1.